The summed E-state index contributed by atoms with van der Waals surface area (Å²) in [6.07, 6.45) is 4.08. The molecule has 0 saturated carbocycles. The highest BCUT2D eigenvalue weighted by Gasteiger charge is 2.04. The second kappa shape index (κ2) is 9.53. The highest BCUT2D eigenvalue weighted by Crippen LogP contribution is 2.15. The minimum Gasteiger partial charge on any atom is -0.366 e. The molecule has 27 heavy (non-hydrogen) atoms. The number of hydrogen-bond acceptors (Lipinski definition) is 4. The van der Waals surface area contributed by atoms with Gasteiger partial charge in [-0.2, -0.15) is 4.98 Å². The highest BCUT2D eigenvalue weighted by atomic mass is 15.1. The van der Waals surface area contributed by atoms with Crippen LogP contribution in [0.5, 0.6) is 0 Å². The van der Waals surface area contributed by atoms with Crippen molar-refractivity contribution in [2.75, 3.05) is 17.2 Å². The largest absolute Gasteiger partial charge is 0.366 e. The maximum absolute atomic E-state index is 4.63. The van der Waals surface area contributed by atoms with Crippen LogP contribution in [-0.4, -0.2) is 16.5 Å². The quantitative estimate of drug-likeness (QED) is 0.572. The number of nitrogens with one attached hydrogen (secondary N) is 2. The molecule has 0 atom stereocenters. The van der Waals surface area contributed by atoms with Gasteiger partial charge < -0.3 is 10.6 Å². The molecule has 0 aliphatic carbocycles. The minimum atomic E-state index is 0.526. The molecule has 3 aromatic rings. The Morgan fingerprint density at radius 1 is 0.852 bits per heavy atom. The Bertz CT molecular complexity index is 858. The molecule has 1 aromatic heterocycles. The second-order valence-corrected chi connectivity index (χ2v) is 6.86. The maximum atomic E-state index is 4.63. The van der Waals surface area contributed by atoms with Crippen molar-refractivity contribution < 1.29 is 0 Å². The molecule has 0 spiro atoms. The van der Waals surface area contributed by atoms with Crippen LogP contribution in [0.3, 0.4) is 0 Å². The molecule has 2 aromatic carbocycles. The van der Waals surface area contributed by atoms with Gasteiger partial charge in [-0.05, 0) is 23.1 Å². The zero-order valence-corrected chi connectivity index (χ0v) is 15.9. The van der Waals surface area contributed by atoms with Crippen molar-refractivity contribution in [3.63, 3.8) is 0 Å². The second-order valence-electron chi connectivity index (χ2n) is 6.86. The maximum Gasteiger partial charge on any atom is 0.225 e. The van der Waals surface area contributed by atoms with Gasteiger partial charge in [0.05, 0.1) is 5.69 Å². The fourth-order valence-electron chi connectivity index (χ4n) is 2.55. The summed E-state index contributed by atoms with van der Waals surface area (Å²) in [5.41, 5.74) is 3.23. The van der Waals surface area contributed by atoms with Crippen LogP contribution in [0.2, 0.25) is 0 Å². The lowest BCUT2D eigenvalue weighted by molar-refractivity contribution is 0.684. The van der Waals surface area contributed by atoms with Crippen LogP contribution in [0, 0.1) is 5.92 Å². The Morgan fingerprint density at radius 3 is 2.26 bits per heavy atom. The van der Waals surface area contributed by atoms with E-state index in [1.807, 2.05) is 48.5 Å². The fourth-order valence-corrected chi connectivity index (χ4v) is 2.55. The van der Waals surface area contributed by atoms with Crippen molar-refractivity contribution in [1.29, 1.82) is 0 Å². The van der Waals surface area contributed by atoms with Gasteiger partial charge >= 0.3 is 0 Å². The molecule has 4 nitrogen and oxygen atoms in total. The number of hydrogen-bond donors (Lipinski definition) is 2. The van der Waals surface area contributed by atoms with Crippen LogP contribution >= 0.6 is 0 Å². The van der Waals surface area contributed by atoms with Crippen molar-refractivity contribution in [2.45, 2.75) is 20.4 Å². The van der Waals surface area contributed by atoms with E-state index in [1.165, 1.54) is 5.56 Å². The normalized spacial score (nSPS) is 11.1. The third kappa shape index (κ3) is 6.26. The number of nitrogens with zero attached hydrogens (tertiary/aromatic N) is 2. The van der Waals surface area contributed by atoms with E-state index in [1.54, 1.807) is 0 Å². The molecular weight excluding hydrogens is 332 g/mol. The number of benzene rings is 2. The monoisotopic (exact) mass is 358 g/mol. The molecule has 138 valence electrons. The summed E-state index contributed by atoms with van der Waals surface area (Å²) in [5.74, 6) is 1.99. The van der Waals surface area contributed by atoms with E-state index in [0.29, 0.717) is 11.9 Å². The van der Waals surface area contributed by atoms with Crippen LogP contribution < -0.4 is 10.6 Å². The molecule has 0 radical (unpaired) electrons. The standard InChI is InChI=1S/C23H26N4/c1-18(2)16-25-23-26-21(14-13-19-9-5-3-6-10-19)15-22(27-23)24-17-20-11-7-4-8-12-20/h3-15,18H,16-17H2,1-2H3,(H2,24,25,26,27)/b14-13+. The van der Waals surface area contributed by atoms with Crippen molar-refractivity contribution in [3.8, 4) is 0 Å². The van der Waals surface area contributed by atoms with Crippen LogP contribution in [-0.2, 0) is 6.54 Å². The van der Waals surface area contributed by atoms with Gasteiger partial charge in [0.25, 0.3) is 0 Å². The van der Waals surface area contributed by atoms with E-state index in [9.17, 15) is 0 Å². The number of rotatable bonds is 8. The lowest BCUT2D eigenvalue weighted by atomic mass is 10.2. The third-order valence-corrected chi connectivity index (χ3v) is 3.98. The van der Waals surface area contributed by atoms with Crippen molar-refractivity contribution in [1.82, 2.24) is 9.97 Å². The molecule has 0 saturated heterocycles. The van der Waals surface area contributed by atoms with E-state index >= 15 is 0 Å². The summed E-state index contributed by atoms with van der Waals surface area (Å²) in [6.45, 7) is 5.90. The van der Waals surface area contributed by atoms with Crippen molar-refractivity contribution >= 4 is 23.9 Å². The highest BCUT2D eigenvalue weighted by molar-refractivity contribution is 5.69. The molecule has 0 aliphatic heterocycles. The van der Waals surface area contributed by atoms with Crippen LogP contribution in [0.25, 0.3) is 12.2 Å². The first-order valence-electron chi connectivity index (χ1n) is 9.33. The molecule has 0 unspecified atom stereocenters. The van der Waals surface area contributed by atoms with E-state index < -0.39 is 0 Å². The summed E-state index contributed by atoms with van der Waals surface area (Å²) in [7, 11) is 0. The topological polar surface area (TPSA) is 49.8 Å². The lowest BCUT2D eigenvalue weighted by Gasteiger charge is -2.11. The first-order valence-corrected chi connectivity index (χ1v) is 9.33. The Kier molecular flexibility index (Phi) is 6.58. The van der Waals surface area contributed by atoms with Gasteiger partial charge in [-0.3, -0.25) is 0 Å². The van der Waals surface area contributed by atoms with Gasteiger partial charge in [-0.15, -0.1) is 0 Å². The van der Waals surface area contributed by atoms with Gasteiger partial charge in [0.2, 0.25) is 5.95 Å². The van der Waals surface area contributed by atoms with Gasteiger partial charge in [0.15, 0.2) is 0 Å². The molecule has 3 rings (SSSR count). The van der Waals surface area contributed by atoms with Crippen molar-refractivity contribution in [2.24, 2.45) is 5.92 Å². The van der Waals surface area contributed by atoms with Crippen LogP contribution in [0.15, 0.2) is 66.7 Å². The van der Waals surface area contributed by atoms with Gasteiger partial charge in [-0.25, -0.2) is 4.98 Å². The molecule has 0 fully saturated rings. The third-order valence-electron chi connectivity index (χ3n) is 3.98. The summed E-state index contributed by atoms with van der Waals surface area (Å²) in [6, 6.07) is 22.5. The van der Waals surface area contributed by atoms with E-state index in [4.69, 9.17) is 0 Å². The summed E-state index contributed by atoms with van der Waals surface area (Å²) < 4.78 is 0. The Balaban J connectivity index is 1.78. The first-order chi connectivity index (χ1) is 13.2. The van der Waals surface area contributed by atoms with Gasteiger partial charge in [0, 0.05) is 19.2 Å². The average molecular weight is 358 g/mol. The minimum absolute atomic E-state index is 0.526. The molecule has 0 aliphatic rings. The summed E-state index contributed by atoms with van der Waals surface area (Å²) in [4.78, 5) is 9.23. The smallest absolute Gasteiger partial charge is 0.225 e. The number of aromatic nitrogens is 2. The Hall–Kier alpha value is -3.14. The zero-order chi connectivity index (χ0) is 18.9. The predicted octanol–water partition coefficient (Wildman–Crippen LogP) is 5.33. The van der Waals surface area contributed by atoms with Gasteiger partial charge in [-0.1, -0.05) is 80.6 Å². The first kappa shape index (κ1) is 18.6. The van der Waals surface area contributed by atoms with E-state index in [-0.39, 0.29) is 0 Å². The van der Waals surface area contributed by atoms with Crippen LogP contribution in [0.4, 0.5) is 11.8 Å². The summed E-state index contributed by atoms with van der Waals surface area (Å²) in [5, 5.41) is 6.73. The molecule has 1 heterocycles. The SMILES string of the molecule is CC(C)CNc1nc(/C=C/c2ccccc2)cc(NCc2ccccc2)n1. The summed E-state index contributed by atoms with van der Waals surface area (Å²) >= 11 is 0. The molecule has 0 bridgehead atoms. The molecule has 4 heteroatoms. The number of anilines is 2. The van der Waals surface area contributed by atoms with Crippen molar-refractivity contribution in [3.05, 3.63) is 83.6 Å². The lowest BCUT2D eigenvalue weighted by Crippen LogP contribution is -2.12. The molecule has 2 N–H and O–H groups in total. The molecule has 0 amide bonds. The Morgan fingerprint density at radius 2 is 1.56 bits per heavy atom. The molecular formula is C23H26N4. The predicted molar refractivity (Wildman–Crippen MR) is 114 cm³/mol. The zero-order valence-electron chi connectivity index (χ0n) is 15.9. The van der Waals surface area contributed by atoms with E-state index in [0.717, 1.165) is 30.2 Å². The van der Waals surface area contributed by atoms with Crippen LogP contribution in [0.1, 0.15) is 30.7 Å². The fraction of sp³-hybridized carbons (Fsp3) is 0.217. The van der Waals surface area contributed by atoms with Gasteiger partial charge in [0.1, 0.15) is 5.82 Å². The Labute approximate surface area is 161 Å². The van der Waals surface area contributed by atoms with E-state index in [2.05, 4.69) is 64.8 Å². The average Bonchev–Trinajstić information content (AvgIpc) is 2.71.